The second kappa shape index (κ2) is 8.88. The van der Waals surface area contributed by atoms with Gasteiger partial charge in [0.2, 0.25) is 17.7 Å². The van der Waals surface area contributed by atoms with Crippen LogP contribution in [-0.2, 0) is 19.2 Å². The molecule has 1 aliphatic rings. The highest BCUT2D eigenvalue weighted by atomic mass is 32.1. The number of hydrogen-bond acceptors (Lipinski definition) is 6. The number of likely N-dealkylation sites (tertiary alicyclic amines) is 1. The largest absolute Gasteiger partial charge is 0.480 e. The molecule has 0 aromatic rings. The van der Waals surface area contributed by atoms with Crippen molar-refractivity contribution in [3.8, 4) is 0 Å². The Morgan fingerprint density at radius 2 is 1.88 bits per heavy atom. The number of nitrogens with one attached hydrogen (secondary N) is 2. The van der Waals surface area contributed by atoms with E-state index in [1.54, 1.807) is 0 Å². The molecule has 1 saturated heterocycles. The van der Waals surface area contributed by atoms with Gasteiger partial charge in [-0.1, -0.05) is 0 Å². The zero-order valence-electron chi connectivity index (χ0n) is 13.7. The molecule has 0 aromatic heterocycles. The Morgan fingerprint density at radius 3 is 2.38 bits per heavy atom. The lowest BCUT2D eigenvalue weighted by atomic mass is 10.2. The van der Waals surface area contributed by atoms with Gasteiger partial charge in [-0.05, 0) is 26.7 Å². The van der Waals surface area contributed by atoms with Crippen LogP contribution in [-0.4, -0.2) is 70.2 Å². The van der Waals surface area contributed by atoms with Gasteiger partial charge < -0.3 is 26.4 Å². The first-order chi connectivity index (χ1) is 11.2. The van der Waals surface area contributed by atoms with Crippen molar-refractivity contribution in [2.24, 2.45) is 5.73 Å². The van der Waals surface area contributed by atoms with Crippen LogP contribution in [0, 0.1) is 0 Å². The standard InChI is InChI=1S/C14H24N4O5S/c1-7(15)11(19)16-8(2)12(20)17-9(6-24)13(21)18-5-3-4-10(18)14(22)23/h7-10,24H,3-6,15H2,1-2H3,(H,16,19)(H,17,20)(H,22,23). The van der Waals surface area contributed by atoms with Crippen LogP contribution in [0.2, 0.25) is 0 Å². The Balaban J connectivity index is 2.69. The van der Waals surface area contributed by atoms with Crippen molar-refractivity contribution in [2.45, 2.75) is 50.9 Å². The second-order valence-corrected chi connectivity index (χ2v) is 6.16. The summed E-state index contributed by atoms with van der Waals surface area (Å²) < 4.78 is 0. The van der Waals surface area contributed by atoms with E-state index in [0.717, 1.165) is 0 Å². The van der Waals surface area contributed by atoms with Crippen LogP contribution >= 0.6 is 12.6 Å². The number of carboxylic acids is 1. The molecule has 4 unspecified atom stereocenters. The fourth-order valence-electron chi connectivity index (χ4n) is 2.38. The van der Waals surface area contributed by atoms with E-state index in [4.69, 9.17) is 10.8 Å². The molecule has 0 spiro atoms. The number of carbonyl (C=O) groups is 4. The molecule has 5 N–H and O–H groups in total. The molecule has 0 radical (unpaired) electrons. The smallest absolute Gasteiger partial charge is 0.326 e. The third kappa shape index (κ3) is 5.10. The highest BCUT2D eigenvalue weighted by molar-refractivity contribution is 7.80. The van der Waals surface area contributed by atoms with Crippen molar-refractivity contribution in [3.05, 3.63) is 0 Å². The summed E-state index contributed by atoms with van der Waals surface area (Å²) in [5.74, 6) is -2.60. The van der Waals surface area contributed by atoms with Crippen LogP contribution in [0.3, 0.4) is 0 Å². The lowest BCUT2D eigenvalue weighted by Crippen LogP contribution is -2.56. The zero-order valence-corrected chi connectivity index (χ0v) is 14.6. The molecule has 4 atom stereocenters. The predicted octanol–water partition coefficient (Wildman–Crippen LogP) is -1.67. The Kier molecular flexibility index (Phi) is 7.49. The lowest BCUT2D eigenvalue weighted by molar-refractivity contribution is -0.149. The number of amides is 3. The van der Waals surface area contributed by atoms with Gasteiger partial charge in [-0.3, -0.25) is 14.4 Å². The average Bonchev–Trinajstić information content (AvgIpc) is 3.01. The Morgan fingerprint density at radius 1 is 1.25 bits per heavy atom. The van der Waals surface area contributed by atoms with Gasteiger partial charge in [0.05, 0.1) is 6.04 Å². The van der Waals surface area contributed by atoms with Crippen LogP contribution in [0.15, 0.2) is 0 Å². The quantitative estimate of drug-likeness (QED) is 0.344. The fraction of sp³-hybridized carbons (Fsp3) is 0.714. The maximum absolute atomic E-state index is 12.5. The van der Waals surface area contributed by atoms with Crippen LogP contribution in [0.25, 0.3) is 0 Å². The predicted molar refractivity (Wildman–Crippen MR) is 89.4 cm³/mol. The zero-order chi connectivity index (χ0) is 18.4. The molecule has 10 heteroatoms. The molecule has 0 bridgehead atoms. The molecule has 3 amide bonds. The summed E-state index contributed by atoms with van der Waals surface area (Å²) in [5, 5.41) is 14.1. The summed E-state index contributed by atoms with van der Waals surface area (Å²) >= 11 is 4.06. The maximum Gasteiger partial charge on any atom is 0.326 e. The lowest BCUT2D eigenvalue weighted by Gasteiger charge is -2.27. The molecular formula is C14H24N4O5S. The highest BCUT2D eigenvalue weighted by Gasteiger charge is 2.37. The van der Waals surface area contributed by atoms with Gasteiger partial charge in [-0.25, -0.2) is 4.79 Å². The van der Waals surface area contributed by atoms with Crippen molar-refractivity contribution in [1.82, 2.24) is 15.5 Å². The van der Waals surface area contributed by atoms with E-state index in [1.165, 1.54) is 18.7 Å². The van der Waals surface area contributed by atoms with Gasteiger partial charge in [0.25, 0.3) is 0 Å². The molecule has 24 heavy (non-hydrogen) atoms. The van der Waals surface area contributed by atoms with Crippen molar-refractivity contribution in [2.75, 3.05) is 12.3 Å². The Labute approximate surface area is 145 Å². The number of nitrogens with zero attached hydrogens (tertiary/aromatic N) is 1. The summed E-state index contributed by atoms with van der Waals surface area (Å²) in [7, 11) is 0. The van der Waals surface area contributed by atoms with E-state index in [0.29, 0.717) is 19.4 Å². The van der Waals surface area contributed by atoms with E-state index >= 15 is 0 Å². The van der Waals surface area contributed by atoms with Crippen molar-refractivity contribution in [3.63, 3.8) is 0 Å². The van der Waals surface area contributed by atoms with E-state index in [9.17, 15) is 19.2 Å². The number of carbonyl (C=O) groups excluding carboxylic acids is 3. The molecule has 0 aliphatic carbocycles. The van der Waals surface area contributed by atoms with Crippen molar-refractivity contribution >= 4 is 36.3 Å². The number of hydrogen-bond donors (Lipinski definition) is 5. The summed E-state index contributed by atoms with van der Waals surface area (Å²) in [6.07, 6.45) is 0.978. The average molecular weight is 360 g/mol. The molecule has 0 aromatic carbocycles. The number of nitrogens with two attached hydrogens (primary N) is 1. The third-order valence-corrected chi connectivity index (χ3v) is 4.15. The van der Waals surface area contributed by atoms with Crippen LogP contribution in [0.5, 0.6) is 0 Å². The summed E-state index contributed by atoms with van der Waals surface area (Å²) in [5.41, 5.74) is 5.41. The molecule has 1 rings (SSSR count). The molecule has 9 nitrogen and oxygen atoms in total. The van der Waals surface area contributed by atoms with E-state index in [2.05, 4.69) is 23.3 Å². The normalized spacial score (nSPS) is 20.8. The van der Waals surface area contributed by atoms with E-state index in [-0.39, 0.29) is 5.75 Å². The SMILES string of the molecule is CC(N)C(=O)NC(C)C(=O)NC(CS)C(=O)N1CCCC1C(=O)O. The van der Waals surface area contributed by atoms with Crippen molar-refractivity contribution < 1.29 is 24.3 Å². The highest BCUT2D eigenvalue weighted by Crippen LogP contribution is 2.18. The molecule has 0 saturated carbocycles. The fourth-order valence-corrected chi connectivity index (χ4v) is 2.63. The Bertz CT molecular complexity index is 513. The molecule has 1 aliphatic heterocycles. The minimum absolute atomic E-state index is 0.0152. The van der Waals surface area contributed by atoms with Gasteiger partial charge in [0, 0.05) is 12.3 Å². The summed E-state index contributed by atoms with van der Waals surface area (Å²) in [6, 6.07) is -3.49. The topological polar surface area (TPSA) is 142 Å². The van der Waals surface area contributed by atoms with Gasteiger partial charge in [-0.15, -0.1) is 0 Å². The van der Waals surface area contributed by atoms with Crippen LogP contribution in [0.4, 0.5) is 0 Å². The summed E-state index contributed by atoms with van der Waals surface area (Å²) in [4.78, 5) is 48.5. The van der Waals surface area contributed by atoms with Gasteiger partial charge in [0.15, 0.2) is 0 Å². The van der Waals surface area contributed by atoms with Crippen molar-refractivity contribution in [1.29, 1.82) is 0 Å². The monoisotopic (exact) mass is 360 g/mol. The molecule has 1 fully saturated rings. The first-order valence-corrected chi connectivity index (χ1v) is 8.32. The minimum Gasteiger partial charge on any atom is -0.480 e. The minimum atomic E-state index is -1.07. The number of aliphatic carboxylic acids is 1. The molecule has 1 heterocycles. The number of thiol groups is 1. The maximum atomic E-state index is 12.5. The molecular weight excluding hydrogens is 336 g/mol. The molecule has 136 valence electrons. The first kappa shape index (κ1) is 20.2. The summed E-state index contributed by atoms with van der Waals surface area (Å²) in [6.45, 7) is 3.28. The second-order valence-electron chi connectivity index (χ2n) is 5.79. The van der Waals surface area contributed by atoms with E-state index < -0.39 is 47.9 Å². The number of rotatable bonds is 7. The van der Waals surface area contributed by atoms with Gasteiger partial charge in [0.1, 0.15) is 18.1 Å². The van der Waals surface area contributed by atoms with Gasteiger partial charge >= 0.3 is 5.97 Å². The van der Waals surface area contributed by atoms with Crippen LogP contribution in [0.1, 0.15) is 26.7 Å². The van der Waals surface area contributed by atoms with E-state index in [1.807, 2.05) is 0 Å². The Hall–Kier alpha value is -1.81. The third-order valence-electron chi connectivity index (χ3n) is 3.78. The first-order valence-electron chi connectivity index (χ1n) is 7.69. The number of carboxylic acid groups (broad SMARTS) is 1. The van der Waals surface area contributed by atoms with Gasteiger partial charge in [-0.2, -0.15) is 12.6 Å². The van der Waals surface area contributed by atoms with Crippen LogP contribution < -0.4 is 16.4 Å².